The second-order valence-corrected chi connectivity index (χ2v) is 4.82. The van der Waals surface area contributed by atoms with Gasteiger partial charge in [-0.25, -0.2) is 15.5 Å². The van der Waals surface area contributed by atoms with Crippen LogP contribution in [-0.4, -0.2) is 9.97 Å². The molecular weight excluding hydrogens is 274 g/mol. The fourth-order valence-corrected chi connectivity index (χ4v) is 2.62. The highest BCUT2D eigenvalue weighted by Crippen LogP contribution is 2.36. The van der Waals surface area contributed by atoms with Gasteiger partial charge in [0, 0.05) is 16.8 Å². The first-order chi connectivity index (χ1) is 9.65. The number of aromatic nitrogens is 2. The Labute approximate surface area is 119 Å². The smallest absolute Gasteiger partial charge is 0.154 e. The Morgan fingerprint density at radius 3 is 2.95 bits per heavy atom. The van der Waals surface area contributed by atoms with Crippen molar-refractivity contribution in [3.05, 3.63) is 35.7 Å². The van der Waals surface area contributed by atoms with Crippen LogP contribution in [0, 0.1) is 16.9 Å². The largest absolute Gasteiger partial charge is 0.384 e. The summed E-state index contributed by atoms with van der Waals surface area (Å²) in [4.78, 5) is 8.50. The third-order valence-electron chi connectivity index (χ3n) is 2.50. The van der Waals surface area contributed by atoms with Crippen LogP contribution in [0.3, 0.4) is 0 Å². The number of hydrogen-bond donors (Lipinski definition) is 3. The van der Waals surface area contributed by atoms with Crippen LogP contribution in [0.15, 0.2) is 34.4 Å². The summed E-state index contributed by atoms with van der Waals surface area (Å²) in [6.45, 7) is 0. The Morgan fingerprint density at radius 1 is 1.45 bits per heavy atom. The summed E-state index contributed by atoms with van der Waals surface area (Å²) in [6.07, 6.45) is 1.57. The first-order valence-electron chi connectivity index (χ1n) is 5.56. The minimum Gasteiger partial charge on any atom is -0.384 e. The van der Waals surface area contributed by atoms with E-state index in [4.69, 9.17) is 22.3 Å². The third kappa shape index (κ3) is 2.84. The van der Waals surface area contributed by atoms with Gasteiger partial charge < -0.3 is 11.5 Å². The van der Waals surface area contributed by atoms with Crippen molar-refractivity contribution in [2.45, 2.75) is 10.6 Å². The van der Waals surface area contributed by atoms with E-state index >= 15 is 0 Å². The lowest BCUT2D eigenvalue weighted by Crippen LogP contribution is -1.98. The molecule has 0 radical (unpaired) electrons. The van der Waals surface area contributed by atoms with Gasteiger partial charge in [0.25, 0.3) is 0 Å². The van der Waals surface area contributed by atoms with Gasteiger partial charge in [-0.05, 0) is 17.7 Å². The standard InChI is InChI=1S/C12H11N7S/c13-5-8-7(2-1-3-17-8)6-20-9-4-10(14)18-12(15)11(9)19-16/h1-4,16H,6H2,(H4,14,15,18). The van der Waals surface area contributed by atoms with Crippen molar-refractivity contribution in [1.82, 2.24) is 9.97 Å². The Kier molecular flexibility index (Phi) is 4.12. The average Bonchev–Trinajstić information content (AvgIpc) is 2.45. The molecule has 5 N–H and O–H groups in total. The highest BCUT2D eigenvalue weighted by Gasteiger charge is 2.11. The van der Waals surface area contributed by atoms with Crippen molar-refractivity contribution < 1.29 is 0 Å². The van der Waals surface area contributed by atoms with Gasteiger partial charge in [0.05, 0.1) is 0 Å². The highest BCUT2D eigenvalue weighted by atomic mass is 32.2. The first-order valence-corrected chi connectivity index (χ1v) is 6.54. The number of nitrogens with two attached hydrogens (primary N) is 2. The zero-order chi connectivity index (χ0) is 14.5. The minimum absolute atomic E-state index is 0.120. The molecule has 2 heterocycles. The topological polar surface area (TPSA) is 138 Å². The van der Waals surface area contributed by atoms with E-state index in [1.54, 1.807) is 18.3 Å². The molecule has 0 amide bonds. The predicted octanol–water partition coefficient (Wildman–Crippen LogP) is 2.47. The Morgan fingerprint density at radius 2 is 2.25 bits per heavy atom. The molecule has 0 aliphatic rings. The van der Waals surface area contributed by atoms with E-state index in [0.717, 1.165) is 5.56 Å². The summed E-state index contributed by atoms with van der Waals surface area (Å²) in [5.74, 6) is 0.889. The van der Waals surface area contributed by atoms with Gasteiger partial charge in [-0.3, -0.25) is 0 Å². The lowest BCUT2D eigenvalue weighted by molar-refractivity contribution is 1.10. The number of nitrogens with one attached hydrogen (secondary N) is 1. The molecule has 0 fully saturated rings. The second-order valence-electron chi connectivity index (χ2n) is 3.80. The van der Waals surface area contributed by atoms with E-state index in [9.17, 15) is 0 Å². The molecular formula is C12H11N7S. The molecule has 2 rings (SSSR count). The molecule has 7 nitrogen and oxygen atoms in total. The lowest BCUT2D eigenvalue weighted by atomic mass is 10.2. The fourth-order valence-electron chi connectivity index (χ4n) is 1.59. The number of rotatable bonds is 4. The van der Waals surface area contributed by atoms with Crippen LogP contribution in [0.25, 0.3) is 0 Å². The molecule has 2 aromatic heterocycles. The normalized spacial score (nSPS) is 9.95. The van der Waals surface area contributed by atoms with Crippen molar-refractivity contribution in [1.29, 1.82) is 10.8 Å². The summed E-state index contributed by atoms with van der Waals surface area (Å²) in [6, 6.07) is 7.23. The molecule has 20 heavy (non-hydrogen) atoms. The van der Waals surface area contributed by atoms with E-state index < -0.39 is 0 Å². The molecule has 2 aromatic rings. The Hall–Kier alpha value is -2.66. The molecule has 0 spiro atoms. The van der Waals surface area contributed by atoms with E-state index in [-0.39, 0.29) is 17.3 Å². The molecule has 0 aromatic carbocycles. The van der Waals surface area contributed by atoms with E-state index in [2.05, 4.69) is 15.1 Å². The maximum atomic E-state index is 8.98. The van der Waals surface area contributed by atoms with Crippen LogP contribution in [0.2, 0.25) is 0 Å². The van der Waals surface area contributed by atoms with Crippen molar-refractivity contribution >= 4 is 29.1 Å². The van der Waals surface area contributed by atoms with Gasteiger partial charge in [-0.15, -0.1) is 11.8 Å². The van der Waals surface area contributed by atoms with Gasteiger partial charge in [-0.1, -0.05) is 6.07 Å². The Balaban J connectivity index is 2.28. The SMILES string of the molecule is N#Cc1ncccc1CSc1cc(N)nc(N)c1N=N. The van der Waals surface area contributed by atoms with Crippen molar-refractivity contribution in [2.24, 2.45) is 5.11 Å². The zero-order valence-electron chi connectivity index (χ0n) is 10.4. The Bertz CT molecular complexity index is 693. The quantitative estimate of drug-likeness (QED) is 0.582. The van der Waals surface area contributed by atoms with Crippen LogP contribution < -0.4 is 11.5 Å². The molecule has 8 heteroatoms. The van der Waals surface area contributed by atoms with Crippen LogP contribution in [0.4, 0.5) is 17.3 Å². The molecule has 0 bridgehead atoms. The van der Waals surface area contributed by atoms with Crippen molar-refractivity contribution in [3.63, 3.8) is 0 Å². The molecule has 100 valence electrons. The van der Waals surface area contributed by atoms with Crippen LogP contribution in [0.5, 0.6) is 0 Å². The number of nitriles is 1. The number of anilines is 2. The number of nitrogens with zero attached hydrogens (tertiary/aromatic N) is 4. The summed E-state index contributed by atoms with van der Waals surface area (Å²) >= 11 is 1.38. The molecule has 0 unspecified atom stereocenters. The molecule has 0 saturated heterocycles. The summed E-state index contributed by atoms with van der Waals surface area (Å²) in [7, 11) is 0. The summed E-state index contributed by atoms with van der Waals surface area (Å²) in [5.41, 5.74) is 19.9. The van der Waals surface area contributed by atoms with Crippen LogP contribution in [-0.2, 0) is 5.75 Å². The molecule has 0 atom stereocenters. The molecule has 0 aliphatic heterocycles. The van der Waals surface area contributed by atoms with Crippen LogP contribution in [0.1, 0.15) is 11.3 Å². The summed E-state index contributed by atoms with van der Waals surface area (Å²) < 4.78 is 0. The summed E-state index contributed by atoms with van der Waals surface area (Å²) in [5, 5.41) is 12.4. The van der Waals surface area contributed by atoms with E-state index in [0.29, 0.717) is 16.3 Å². The van der Waals surface area contributed by atoms with Gasteiger partial charge >= 0.3 is 0 Å². The monoisotopic (exact) mass is 285 g/mol. The van der Waals surface area contributed by atoms with Gasteiger partial charge in [0.15, 0.2) is 5.82 Å². The van der Waals surface area contributed by atoms with E-state index in [1.807, 2.05) is 12.1 Å². The van der Waals surface area contributed by atoms with Gasteiger partial charge in [-0.2, -0.15) is 10.4 Å². The molecule has 0 aliphatic carbocycles. The second kappa shape index (κ2) is 5.99. The van der Waals surface area contributed by atoms with Gasteiger partial charge in [0.2, 0.25) is 0 Å². The zero-order valence-corrected chi connectivity index (χ0v) is 11.2. The number of nitrogen functional groups attached to an aromatic ring is 2. The third-order valence-corrected chi connectivity index (χ3v) is 3.57. The van der Waals surface area contributed by atoms with Crippen molar-refractivity contribution in [2.75, 3.05) is 11.5 Å². The molecule has 0 saturated carbocycles. The number of pyridine rings is 2. The number of hydrogen-bond acceptors (Lipinski definition) is 8. The van der Waals surface area contributed by atoms with E-state index in [1.165, 1.54) is 11.8 Å². The highest BCUT2D eigenvalue weighted by molar-refractivity contribution is 7.98. The first kappa shape index (κ1) is 13.8. The average molecular weight is 285 g/mol. The maximum Gasteiger partial charge on any atom is 0.154 e. The maximum absolute atomic E-state index is 8.98. The number of thioether (sulfide) groups is 1. The van der Waals surface area contributed by atoms with Crippen molar-refractivity contribution in [3.8, 4) is 6.07 Å². The van der Waals surface area contributed by atoms with Crippen LogP contribution >= 0.6 is 11.8 Å². The minimum atomic E-state index is 0.120. The lowest BCUT2D eigenvalue weighted by Gasteiger charge is -2.08. The fraction of sp³-hybridized carbons (Fsp3) is 0.0833. The van der Waals surface area contributed by atoms with Gasteiger partial charge in [0.1, 0.15) is 23.3 Å². The predicted molar refractivity (Wildman–Crippen MR) is 76.4 cm³/mol.